The molecule has 0 fully saturated rings. The number of carbonyl (C=O) groups is 1. The quantitative estimate of drug-likeness (QED) is 0.684. The smallest absolute Gasteiger partial charge is 0.342 e. The van der Waals surface area contributed by atoms with Gasteiger partial charge in [-0.25, -0.2) is 9.78 Å². The summed E-state index contributed by atoms with van der Waals surface area (Å²) in [6.07, 6.45) is 0. The van der Waals surface area contributed by atoms with E-state index in [4.69, 9.17) is 9.15 Å². The van der Waals surface area contributed by atoms with Crippen LogP contribution in [-0.4, -0.2) is 20.6 Å². The first-order valence-corrected chi connectivity index (χ1v) is 7.78. The van der Waals surface area contributed by atoms with E-state index in [0.29, 0.717) is 32.7 Å². The van der Waals surface area contributed by atoms with Crippen molar-refractivity contribution in [2.75, 3.05) is 0 Å². The largest absolute Gasteiger partial charge is 0.465 e. The molecular weight excluding hydrogens is 318 g/mol. The molecular formula is C15H15N3O4S. The van der Waals surface area contributed by atoms with Crippen LogP contribution in [0.4, 0.5) is 0 Å². The molecule has 0 radical (unpaired) electrons. The number of aryl methyl sites for hydroxylation is 3. The first kappa shape index (κ1) is 15.4. The lowest BCUT2D eigenvalue weighted by atomic mass is 10.1. The lowest BCUT2D eigenvalue weighted by molar-refractivity contribution is 0.0468. The molecule has 0 saturated heterocycles. The van der Waals surface area contributed by atoms with Crippen LogP contribution in [0, 0.1) is 27.7 Å². The van der Waals surface area contributed by atoms with Gasteiger partial charge in [-0.1, -0.05) is 11.3 Å². The topological polar surface area (TPSA) is 86.7 Å². The molecule has 8 heteroatoms. The molecule has 0 N–H and O–H groups in total. The van der Waals surface area contributed by atoms with E-state index in [1.807, 2.05) is 6.92 Å². The Morgan fingerprint density at radius 2 is 2.04 bits per heavy atom. The molecule has 120 valence electrons. The van der Waals surface area contributed by atoms with E-state index >= 15 is 0 Å². The second-order valence-electron chi connectivity index (χ2n) is 5.22. The fourth-order valence-electron chi connectivity index (χ4n) is 2.31. The van der Waals surface area contributed by atoms with Crippen molar-refractivity contribution in [3.8, 4) is 0 Å². The number of nitrogens with zero attached hydrogens (tertiary/aromatic N) is 3. The van der Waals surface area contributed by atoms with E-state index in [-0.39, 0.29) is 12.2 Å². The molecule has 23 heavy (non-hydrogen) atoms. The molecule has 0 saturated carbocycles. The fraction of sp³-hybridized carbons (Fsp3) is 0.333. The summed E-state index contributed by atoms with van der Waals surface area (Å²) >= 11 is 1.22. The number of carbonyl (C=O) groups excluding carboxylic acids is 1. The molecule has 3 heterocycles. The summed E-state index contributed by atoms with van der Waals surface area (Å²) in [6.45, 7) is 7.06. The number of hydrogen-bond acceptors (Lipinski definition) is 7. The van der Waals surface area contributed by atoms with Crippen molar-refractivity contribution in [2.45, 2.75) is 34.3 Å². The zero-order valence-corrected chi connectivity index (χ0v) is 14.0. The van der Waals surface area contributed by atoms with E-state index in [1.54, 1.807) is 20.8 Å². The highest BCUT2D eigenvalue weighted by molar-refractivity contribution is 7.16. The van der Waals surface area contributed by atoms with Gasteiger partial charge < -0.3 is 9.15 Å². The SMILES string of the molecule is Cc1cc(=O)n2nc(COC(=O)c3c(C)oc(C)c3C)sc2n1. The predicted octanol–water partition coefficient (Wildman–Crippen LogP) is 2.33. The van der Waals surface area contributed by atoms with Crippen LogP contribution >= 0.6 is 11.3 Å². The van der Waals surface area contributed by atoms with E-state index in [1.165, 1.54) is 21.9 Å². The maximum absolute atomic E-state index is 12.2. The third-order valence-electron chi connectivity index (χ3n) is 3.51. The Morgan fingerprint density at radius 3 is 2.70 bits per heavy atom. The van der Waals surface area contributed by atoms with Gasteiger partial charge in [0.25, 0.3) is 5.56 Å². The van der Waals surface area contributed by atoms with Crippen LogP contribution in [0.1, 0.15) is 38.1 Å². The number of fused-ring (bicyclic) bond motifs is 1. The van der Waals surface area contributed by atoms with Crippen LogP contribution in [0.2, 0.25) is 0 Å². The average molecular weight is 333 g/mol. The van der Waals surface area contributed by atoms with Gasteiger partial charge in [0.2, 0.25) is 4.96 Å². The Balaban J connectivity index is 1.82. The van der Waals surface area contributed by atoms with Gasteiger partial charge >= 0.3 is 5.97 Å². The van der Waals surface area contributed by atoms with Gasteiger partial charge in [-0.3, -0.25) is 4.79 Å². The zero-order chi connectivity index (χ0) is 16.7. The van der Waals surface area contributed by atoms with Gasteiger partial charge in [-0.15, -0.1) is 0 Å². The molecule has 0 aliphatic rings. The fourth-order valence-corrected chi connectivity index (χ4v) is 3.17. The van der Waals surface area contributed by atoms with Crippen molar-refractivity contribution in [3.63, 3.8) is 0 Å². The highest BCUT2D eigenvalue weighted by Crippen LogP contribution is 2.22. The summed E-state index contributed by atoms with van der Waals surface area (Å²) in [5.74, 6) is 0.760. The molecule has 0 aliphatic heterocycles. The zero-order valence-electron chi connectivity index (χ0n) is 13.2. The lowest BCUT2D eigenvalue weighted by Gasteiger charge is -2.02. The second kappa shape index (κ2) is 5.62. The Kier molecular flexibility index (Phi) is 3.77. The highest BCUT2D eigenvalue weighted by Gasteiger charge is 2.20. The average Bonchev–Trinajstić information content (AvgIpc) is 2.98. The number of aromatic nitrogens is 3. The lowest BCUT2D eigenvalue weighted by Crippen LogP contribution is -2.14. The Hall–Kier alpha value is -2.48. The van der Waals surface area contributed by atoms with Crippen molar-refractivity contribution in [1.82, 2.24) is 14.6 Å². The maximum Gasteiger partial charge on any atom is 0.342 e. The van der Waals surface area contributed by atoms with Crippen molar-refractivity contribution < 1.29 is 13.9 Å². The minimum Gasteiger partial charge on any atom is -0.465 e. The van der Waals surface area contributed by atoms with Crippen LogP contribution < -0.4 is 5.56 Å². The van der Waals surface area contributed by atoms with Crippen molar-refractivity contribution in [3.05, 3.63) is 49.8 Å². The Bertz CT molecular complexity index is 967. The van der Waals surface area contributed by atoms with E-state index in [2.05, 4.69) is 10.1 Å². The summed E-state index contributed by atoms with van der Waals surface area (Å²) < 4.78 is 11.9. The summed E-state index contributed by atoms with van der Waals surface area (Å²) in [5, 5.41) is 4.63. The summed E-state index contributed by atoms with van der Waals surface area (Å²) in [5.41, 5.74) is 1.58. The minimum absolute atomic E-state index is 0.0194. The predicted molar refractivity (Wildman–Crippen MR) is 83.9 cm³/mol. The number of ether oxygens (including phenoxy) is 1. The van der Waals surface area contributed by atoms with Gasteiger partial charge in [-0.05, 0) is 27.7 Å². The molecule has 0 spiro atoms. The third kappa shape index (κ3) is 2.77. The molecule has 3 aromatic rings. The first-order chi connectivity index (χ1) is 10.9. The molecule has 3 aromatic heterocycles. The summed E-state index contributed by atoms with van der Waals surface area (Å²) in [7, 11) is 0. The van der Waals surface area contributed by atoms with Gasteiger partial charge in [0, 0.05) is 17.3 Å². The molecule has 0 amide bonds. The van der Waals surface area contributed by atoms with Gasteiger partial charge in [0.15, 0.2) is 5.01 Å². The molecule has 0 bridgehead atoms. The van der Waals surface area contributed by atoms with Crippen LogP contribution in [0.5, 0.6) is 0 Å². The molecule has 0 atom stereocenters. The van der Waals surface area contributed by atoms with E-state index < -0.39 is 5.97 Å². The second-order valence-corrected chi connectivity index (χ2v) is 6.26. The normalized spacial score (nSPS) is 11.1. The van der Waals surface area contributed by atoms with Crippen LogP contribution in [0.25, 0.3) is 4.96 Å². The third-order valence-corrected chi connectivity index (χ3v) is 4.39. The molecule has 3 rings (SSSR count). The molecule has 0 aromatic carbocycles. The summed E-state index contributed by atoms with van der Waals surface area (Å²) in [6, 6.07) is 1.41. The maximum atomic E-state index is 12.2. The van der Waals surface area contributed by atoms with Gasteiger partial charge in [0.1, 0.15) is 23.7 Å². The van der Waals surface area contributed by atoms with E-state index in [0.717, 1.165) is 5.56 Å². The van der Waals surface area contributed by atoms with E-state index in [9.17, 15) is 9.59 Å². The van der Waals surface area contributed by atoms with Crippen LogP contribution in [-0.2, 0) is 11.3 Å². The monoisotopic (exact) mass is 333 g/mol. The van der Waals surface area contributed by atoms with Crippen LogP contribution in [0.3, 0.4) is 0 Å². The molecule has 0 aliphatic carbocycles. The van der Waals surface area contributed by atoms with Crippen molar-refractivity contribution in [2.24, 2.45) is 0 Å². The number of furan rings is 1. The molecule has 7 nitrogen and oxygen atoms in total. The number of hydrogen-bond donors (Lipinski definition) is 0. The number of esters is 1. The minimum atomic E-state index is -0.465. The summed E-state index contributed by atoms with van der Waals surface area (Å²) in [4.78, 5) is 28.7. The number of rotatable bonds is 3. The first-order valence-electron chi connectivity index (χ1n) is 6.97. The Morgan fingerprint density at radius 1 is 1.30 bits per heavy atom. The Labute approximate surface area is 135 Å². The van der Waals surface area contributed by atoms with Gasteiger partial charge in [-0.2, -0.15) is 9.61 Å². The van der Waals surface area contributed by atoms with Crippen molar-refractivity contribution >= 4 is 22.3 Å². The van der Waals surface area contributed by atoms with Gasteiger partial charge in [0.05, 0.1) is 0 Å². The highest BCUT2D eigenvalue weighted by atomic mass is 32.1. The molecule has 0 unspecified atom stereocenters. The van der Waals surface area contributed by atoms with Crippen LogP contribution in [0.15, 0.2) is 15.3 Å². The van der Waals surface area contributed by atoms with Crippen molar-refractivity contribution in [1.29, 1.82) is 0 Å². The standard InChI is InChI=1S/C15H15N3O4S/c1-7-5-12(19)18-15(16-7)23-11(17-18)6-21-14(20)13-8(2)9(3)22-10(13)4/h5H,6H2,1-4H3.